The predicted octanol–water partition coefficient (Wildman–Crippen LogP) is 7.74. The SMILES string of the molecule is CCCCCCCCCC(=O)OCCSSCCOC(=O)CCCCCCCCC. The summed E-state index contributed by atoms with van der Waals surface area (Å²) in [5.74, 6) is 1.40. The fourth-order valence-electron chi connectivity index (χ4n) is 3.09. The molecule has 0 aromatic carbocycles. The molecule has 0 unspecified atom stereocenters. The van der Waals surface area contributed by atoms with Crippen LogP contribution in [0.5, 0.6) is 0 Å². The maximum Gasteiger partial charge on any atom is 0.305 e. The lowest BCUT2D eigenvalue weighted by atomic mass is 10.1. The average molecular weight is 463 g/mol. The first-order valence-corrected chi connectivity index (χ1v) is 14.7. The molecule has 178 valence electrons. The highest BCUT2D eigenvalue weighted by molar-refractivity contribution is 8.76. The molecule has 0 radical (unpaired) electrons. The van der Waals surface area contributed by atoms with Crippen LogP contribution in [0.15, 0.2) is 0 Å². The van der Waals surface area contributed by atoms with Gasteiger partial charge in [0.2, 0.25) is 0 Å². The van der Waals surface area contributed by atoms with Gasteiger partial charge in [0.1, 0.15) is 13.2 Å². The van der Waals surface area contributed by atoms with Crippen LogP contribution in [0, 0.1) is 0 Å². The largest absolute Gasteiger partial charge is 0.465 e. The van der Waals surface area contributed by atoms with Gasteiger partial charge in [0.05, 0.1) is 0 Å². The molecular weight excluding hydrogens is 416 g/mol. The lowest BCUT2D eigenvalue weighted by Gasteiger charge is -2.06. The van der Waals surface area contributed by atoms with E-state index in [1.165, 1.54) is 64.2 Å². The highest BCUT2D eigenvalue weighted by Crippen LogP contribution is 2.20. The molecule has 0 aliphatic heterocycles. The zero-order valence-electron chi connectivity index (χ0n) is 19.6. The molecule has 0 aromatic heterocycles. The molecule has 0 aliphatic rings. The molecule has 0 amide bonds. The highest BCUT2D eigenvalue weighted by atomic mass is 33.1. The number of hydrogen-bond acceptors (Lipinski definition) is 6. The fourth-order valence-corrected chi connectivity index (χ4v) is 4.75. The summed E-state index contributed by atoms with van der Waals surface area (Å²) in [4.78, 5) is 23.3. The van der Waals surface area contributed by atoms with Crippen molar-refractivity contribution in [3.63, 3.8) is 0 Å². The Morgan fingerprint density at radius 3 is 1.23 bits per heavy atom. The Hall–Kier alpha value is -0.360. The molecule has 0 bridgehead atoms. The first-order valence-electron chi connectivity index (χ1n) is 12.3. The molecule has 0 saturated carbocycles. The quantitative estimate of drug-likeness (QED) is 0.0879. The second-order valence-electron chi connectivity index (χ2n) is 7.83. The number of carbonyl (C=O) groups is 2. The zero-order valence-corrected chi connectivity index (χ0v) is 21.2. The minimum absolute atomic E-state index is 0.0755. The van der Waals surface area contributed by atoms with Crippen molar-refractivity contribution in [2.45, 2.75) is 117 Å². The standard InChI is InChI=1S/C24H46O4S2/c1-3-5-7-9-11-13-15-17-23(25)27-19-21-29-30-22-20-28-24(26)18-16-14-12-10-8-6-4-2/h3-22H2,1-2H3. The number of esters is 2. The predicted molar refractivity (Wildman–Crippen MR) is 132 cm³/mol. The van der Waals surface area contributed by atoms with E-state index in [-0.39, 0.29) is 11.9 Å². The smallest absolute Gasteiger partial charge is 0.305 e. The molecule has 0 heterocycles. The van der Waals surface area contributed by atoms with Crippen molar-refractivity contribution >= 4 is 33.5 Å². The van der Waals surface area contributed by atoms with Gasteiger partial charge in [-0.15, -0.1) is 0 Å². The first kappa shape index (κ1) is 29.6. The lowest BCUT2D eigenvalue weighted by Crippen LogP contribution is -2.08. The molecule has 0 fully saturated rings. The van der Waals surface area contributed by atoms with Gasteiger partial charge in [-0.25, -0.2) is 0 Å². The van der Waals surface area contributed by atoms with Crippen molar-refractivity contribution in [2.75, 3.05) is 24.7 Å². The van der Waals surface area contributed by atoms with Crippen LogP contribution in [0.25, 0.3) is 0 Å². The van der Waals surface area contributed by atoms with E-state index in [2.05, 4.69) is 13.8 Å². The second-order valence-corrected chi connectivity index (χ2v) is 10.5. The second kappa shape index (κ2) is 24.9. The minimum atomic E-state index is -0.0755. The van der Waals surface area contributed by atoms with Gasteiger partial charge in [-0.3, -0.25) is 9.59 Å². The summed E-state index contributed by atoms with van der Waals surface area (Å²) in [5, 5.41) is 0. The number of hydrogen-bond donors (Lipinski definition) is 0. The Kier molecular flexibility index (Phi) is 24.6. The Morgan fingerprint density at radius 1 is 0.533 bits per heavy atom. The number of unbranched alkanes of at least 4 members (excludes halogenated alkanes) is 12. The van der Waals surface area contributed by atoms with Crippen molar-refractivity contribution in [3.8, 4) is 0 Å². The molecular formula is C24H46O4S2. The highest BCUT2D eigenvalue weighted by Gasteiger charge is 2.04. The third kappa shape index (κ3) is 23.9. The summed E-state index contributed by atoms with van der Waals surface area (Å²) >= 11 is 0. The molecule has 0 rings (SSSR count). The van der Waals surface area contributed by atoms with Gasteiger partial charge in [0.15, 0.2) is 0 Å². The van der Waals surface area contributed by atoms with Crippen LogP contribution < -0.4 is 0 Å². The summed E-state index contributed by atoms with van der Waals surface area (Å²) in [5.41, 5.74) is 0. The van der Waals surface area contributed by atoms with Crippen LogP contribution in [-0.2, 0) is 19.1 Å². The molecule has 4 nitrogen and oxygen atoms in total. The van der Waals surface area contributed by atoms with Crippen LogP contribution in [0.3, 0.4) is 0 Å². The third-order valence-electron chi connectivity index (χ3n) is 4.91. The van der Waals surface area contributed by atoms with E-state index in [1.807, 2.05) is 0 Å². The van der Waals surface area contributed by atoms with Crippen LogP contribution in [0.2, 0.25) is 0 Å². The van der Waals surface area contributed by atoms with Crippen LogP contribution in [0.1, 0.15) is 117 Å². The number of carbonyl (C=O) groups excluding carboxylic acids is 2. The molecule has 0 aliphatic carbocycles. The lowest BCUT2D eigenvalue weighted by molar-refractivity contribution is -0.144. The van der Waals surface area contributed by atoms with Gasteiger partial charge in [0.25, 0.3) is 0 Å². The van der Waals surface area contributed by atoms with Gasteiger partial charge in [-0.2, -0.15) is 0 Å². The molecule has 0 aromatic rings. The molecule has 0 spiro atoms. The normalized spacial score (nSPS) is 10.9. The van der Waals surface area contributed by atoms with Gasteiger partial charge in [0, 0.05) is 24.3 Å². The van der Waals surface area contributed by atoms with Crippen molar-refractivity contribution in [3.05, 3.63) is 0 Å². The van der Waals surface area contributed by atoms with E-state index >= 15 is 0 Å². The van der Waals surface area contributed by atoms with E-state index in [9.17, 15) is 9.59 Å². The van der Waals surface area contributed by atoms with Gasteiger partial charge in [-0.05, 0) is 12.8 Å². The summed E-state index contributed by atoms with van der Waals surface area (Å²) in [7, 11) is 3.33. The fraction of sp³-hybridized carbons (Fsp3) is 0.917. The third-order valence-corrected chi connectivity index (χ3v) is 7.25. The number of rotatable bonds is 23. The Labute approximate surface area is 193 Å². The van der Waals surface area contributed by atoms with Gasteiger partial charge in [-0.1, -0.05) is 112 Å². The van der Waals surface area contributed by atoms with E-state index in [4.69, 9.17) is 9.47 Å². The summed E-state index contributed by atoms with van der Waals surface area (Å²) in [6, 6.07) is 0. The van der Waals surface area contributed by atoms with Gasteiger partial charge >= 0.3 is 11.9 Å². The van der Waals surface area contributed by atoms with E-state index in [1.54, 1.807) is 21.6 Å². The minimum Gasteiger partial charge on any atom is -0.465 e. The zero-order chi connectivity index (χ0) is 22.1. The average Bonchev–Trinajstić information content (AvgIpc) is 2.74. The van der Waals surface area contributed by atoms with E-state index in [0.717, 1.165) is 37.2 Å². The molecule has 0 saturated heterocycles. The van der Waals surface area contributed by atoms with E-state index < -0.39 is 0 Å². The maximum atomic E-state index is 11.7. The molecule has 0 N–H and O–H groups in total. The Morgan fingerprint density at radius 2 is 0.867 bits per heavy atom. The monoisotopic (exact) mass is 462 g/mol. The van der Waals surface area contributed by atoms with Crippen LogP contribution >= 0.6 is 21.6 Å². The maximum absolute atomic E-state index is 11.7. The van der Waals surface area contributed by atoms with Crippen molar-refractivity contribution in [2.24, 2.45) is 0 Å². The van der Waals surface area contributed by atoms with Crippen LogP contribution in [0.4, 0.5) is 0 Å². The Bertz CT molecular complexity index is 355. The first-order chi connectivity index (χ1) is 14.7. The van der Waals surface area contributed by atoms with Crippen molar-refractivity contribution in [1.82, 2.24) is 0 Å². The van der Waals surface area contributed by atoms with E-state index in [0.29, 0.717) is 26.1 Å². The summed E-state index contributed by atoms with van der Waals surface area (Å²) in [6.45, 7) is 5.37. The molecule has 30 heavy (non-hydrogen) atoms. The van der Waals surface area contributed by atoms with Crippen LogP contribution in [-0.4, -0.2) is 36.7 Å². The molecule has 0 atom stereocenters. The van der Waals surface area contributed by atoms with Crippen molar-refractivity contribution < 1.29 is 19.1 Å². The summed E-state index contributed by atoms with van der Waals surface area (Å²) < 4.78 is 10.5. The van der Waals surface area contributed by atoms with Gasteiger partial charge < -0.3 is 9.47 Å². The Balaban J connectivity index is 3.25. The van der Waals surface area contributed by atoms with Crippen molar-refractivity contribution in [1.29, 1.82) is 0 Å². The number of ether oxygens (including phenoxy) is 2. The summed E-state index contributed by atoms with van der Waals surface area (Å²) in [6.07, 6.45) is 18.0. The topological polar surface area (TPSA) is 52.6 Å². The molecule has 6 heteroatoms.